The van der Waals surface area contributed by atoms with Crippen LogP contribution in [0.3, 0.4) is 0 Å². The minimum Gasteiger partial charge on any atom is -0.378 e. The largest absolute Gasteiger partial charge is 0.406 e. The average Bonchev–Trinajstić information content (AvgIpc) is 2.01. The summed E-state index contributed by atoms with van der Waals surface area (Å²) in [5, 5.41) is 0. The Morgan fingerprint density at radius 1 is 1.29 bits per heavy atom. The molecule has 1 saturated heterocycles. The Morgan fingerprint density at radius 2 is 1.86 bits per heavy atom. The molecule has 0 aromatic carbocycles. The van der Waals surface area contributed by atoms with E-state index in [1.54, 1.807) is 20.8 Å². The molecule has 1 fully saturated rings. The van der Waals surface area contributed by atoms with Crippen LogP contribution in [0.15, 0.2) is 0 Å². The first-order valence-electron chi connectivity index (χ1n) is 4.76. The molecule has 2 atom stereocenters. The molecule has 0 aromatic rings. The zero-order chi connectivity index (χ0) is 10.9. The van der Waals surface area contributed by atoms with Gasteiger partial charge in [-0.1, -0.05) is 0 Å². The number of ether oxygens (including phenoxy) is 1. The van der Waals surface area contributed by atoms with E-state index in [2.05, 4.69) is 0 Å². The van der Waals surface area contributed by atoms with Crippen LogP contribution in [-0.2, 0) is 4.74 Å². The molecule has 84 valence electrons. The molecule has 0 spiro atoms. The zero-order valence-corrected chi connectivity index (χ0v) is 8.64. The number of hydrogen-bond donors (Lipinski definition) is 0. The standard InChI is InChI=1S/C9H16F3NO/c1-6(2)13-7(3)4-14-5-8(13)9(10,11)12/h6-8H,4-5H2,1-3H3/t7-,8-/m1/s1. The minimum atomic E-state index is -4.20. The number of alkyl halides is 3. The Balaban J connectivity index is 2.80. The fourth-order valence-electron chi connectivity index (χ4n) is 1.96. The lowest BCUT2D eigenvalue weighted by atomic mass is 10.1. The maximum atomic E-state index is 12.6. The van der Waals surface area contributed by atoms with Crippen molar-refractivity contribution in [2.24, 2.45) is 0 Å². The lowest BCUT2D eigenvalue weighted by molar-refractivity contribution is -0.227. The highest BCUT2D eigenvalue weighted by molar-refractivity contribution is 4.87. The highest BCUT2D eigenvalue weighted by Crippen LogP contribution is 2.30. The lowest BCUT2D eigenvalue weighted by Gasteiger charge is -2.43. The van der Waals surface area contributed by atoms with E-state index < -0.39 is 12.2 Å². The highest BCUT2D eigenvalue weighted by atomic mass is 19.4. The van der Waals surface area contributed by atoms with Gasteiger partial charge in [-0.05, 0) is 20.8 Å². The van der Waals surface area contributed by atoms with Crippen molar-refractivity contribution in [2.75, 3.05) is 13.2 Å². The molecule has 0 bridgehead atoms. The van der Waals surface area contributed by atoms with Crippen molar-refractivity contribution in [1.82, 2.24) is 4.90 Å². The maximum absolute atomic E-state index is 12.6. The summed E-state index contributed by atoms with van der Waals surface area (Å²) in [6.45, 7) is 5.45. The van der Waals surface area contributed by atoms with Crippen LogP contribution >= 0.6 is 0 Å². The third-order valence-electron chi connectivity index (χ3n) is 2.48. The summed E-state index contributed by atoms with van der Waals surface area (Å²) in [6.07, 6.45) is -4.20. The lowest BCUT2D eigenvalue weighted by Crippen LogP contribution is -2.59. The second kappa shape index (κ2) is 4.06. The van der Waals surface area contributed by atoms with Crippen molar-refractivity contribution in [2.45, 2.75) is 45.1 Å². The summed E-state index contributed by atoms with van der Waals surface area (Å²) < 4.78 is 42.7. The maximum Gasteiger partial charge on any atom is 0.406 e. The smallest absolute Gasteiger partial charge is 0.378 e. The number of rotatable bonds is 1. The molecular formula is C9H16F3NO. The number of halogens is 3. The molecule has 2 nitrogen and oxygen atoms in total. The minimum absolute atomic E-state index is 0.111. The third-order valence-corrected chi connectivity index (χ3v) is 2.48. The Bertz CT molecular complexity index is 193. The van der Waals surface area contributed by atoms with Crippen molar-refractivity contribution in [3.05, 3.63) is 0 Å². The van der Waals surface area contributed by atoms with E-state index in [4.69, 9.17) is 4.74 Å². The second-order valence-electron chi connectivity index (χ2n) is 3.98. The van der Waals surface area contributed by atoms with Crippen LogP contribution in [0.25, 0.3) is 0 Å². The summed E-state index contributed by atoms with van der Waals surface area (Å²) in [7, 11) is 0. The average molecular weight is 211 g/mol. The highest BCUT2D eigenvalue weighted by Gasteiger charge is 2.47. The number of morpholine rings is 1. The van der Waals surface area contributed by atoms with Gasteiger partial charge in [-0.3, -0.25) is 4.90 Å². The van der Waals surface area contributed by atoms with Gasteiger partial charge < -0.3 is 4.74 Å². The Labute approximate surface area is 82.0 Å². The Morgan fingerprint density at radius 3 is 2.21 bits per heavy atom. The van der Waals surface area contributed by atoms with Crippen LogP contribution < -0.4 is 0 Å². The van der Waals surface area contributed by atoms with Crippen molar-refractivity contribution < 1.29 is 17.9 Å². The van der Waals surface area contributed by atoms with Crippen LogP contribution in [0.2, 0.25) is 0 Å². The zero-order valence-electron chi connectivity index (χ0n) is 8.64. The molecule has 0 aliphatic carbocycles. The molecule has 1 heterocycles. The van der Waals surface area contributed by atoms with Crippen molar-refractivity contribution >= 4 is 0 Å². The van der Waals surface area contributed by atoms with Crippen LogP contribution in [0.5, 0.6) is 0 Å². The fraction of sp³-hybridized carbons (Fsp3) is 1.00. The molecule has 1 rings (SSSR count). The van der Waals surface area contributed by atoms with Gasteiger partial charge in [-0.25, -0.2) is 0 Å². The van der Waals surface area contributed by atoms with E-state index in [9.17, 15) is 13.2 Å². The first-order chi connectivity index (χ1) is 6.34. The first kappa shape index (κ1) is 11.8. The van der Waals surface area contributed by atoms with E-state index in [0.717, 1.165) is 0 Å². The van der Waals surface area contributed by atoms with E-state index in [1.165, 1.54) is 4.90 Å². The summed E-state index contributed by atoms with van der Waals surface area (Å²) in [5.41, 5.74) is 0. The van der Waals surface area contributed by atoms with Gasteiger partial charge in [0.2, 0.25) is 0 Å². The number of hydrogen-bond acceptors (Lipinski definition) is 2. The van der Waals surface area contributed by atoms with Gasteiger partial charge in [-0.15, -0.1) is 0 Å². The predicted molar refractivity (Wildman–Crippen MR) is 47.1 cm³/mol. The van der Waals surface area contributed by atoms with E-state index in [0.29, 0.717) is 6.61 Å². The molecule has 14 heavy (non-hydrogen) atoms. The summed E-state index contributed by atoms with van der Waals surface area (Å²) >= 11 is 0. The molecule has 0 N–H and O–H groups in total. The molecule has 0 radical (unpaired) electrons. The predicted octanol–water partition coefficient (Wildman–Crippen LogP) is 2.05. The van der Waals surface area contributed by atoms with Gasteiger partial charge in [-0.2, -0.15) is 13.2 Å². The van der Waals surface area contributed by atoms with Crippen molar-refractivity contribution in [1.29, 1.82) is 0 Å². The van der Waals surface area contributed by atoms with Crippen LogP contribution in [-0.4, -0.2) is 42.4 Å². The Hall–Kier alpha value is -0.290. The molecule has 1 aliphatic rings. The SMILES string of the molecule is CC(C)N1[C@H](C)COC[C@@H]1C(F)(F)F. The van der Waals surface area contributed by atoms with Gasteiger partial charge >= 0.3 is 6.18 Å². The fourth-order valence-corrected chi connectivity index (χ4v) is 1.96. The van der Waals surface area contributed by atoms with Crippen LogP contribution in [0.4, 0.5) is 13.2 Å². The molecule has 0 unspecified atom stereocenters. The summed E-state index contributed by atoms with van der Waals surface area (Å²) in [4.78, 5) is 1.48. The number of nitrogens with zero attached hydrogens (tertiary/aromatic N) is 1. The quantitative estimate of drug-likeness (QED) is 0.658. The summed E-state index contributed by atoms with van der Waals surface area (Å²) in [6, 6.07) is -1.73. The first-order valence-corrected chi connectivity index (χ1v) is 4.76. The van der Waals surface area contributed by atoms with Gasteiger partial charge in [0.1, 0.15) is 6.04 Å². The molecule has 0 saturated carbocycles. The molecule has 0 amide bonds. The Kier molecular flexibility index (Phi) is 3.42. The second-order valence-corrected chi connectivity index (χ2v) is 3.98. The molecule has 5 heteroatoms. The van der Waals surface area contributed by atoms with Crippen LogP contribution in [0.1, 0.15) is 20.8 Å². The van der Waals surface area contributed by atoms with E-state index >= 15 is 0 Å². The van der Waals surface area contributed by atoms with Crippen molar-refractivity contribution in [3.8, 4) is 0 Å². The van der Waals surface area contributed by atoms with E-state index in [1.807, 2.05) is 0 Å². The molecule has 1 aliphatic heterocycles. The topological polar surface area (TPSA) is 12.5 Å². The van der Waals surface area contributed by atoms with E-state index in [-0.39, 0.29) is 18.7 Å². The third kappa shape index (κ3) is 2.39. The molecular weight excluding hydrogens is 195 g/mol. The van der Waals surface area contributed by atoms with Gasteiger partial charge in [0, 0.05) is 12.1 Å². The van der Waals surface area contributed by atoms with Gasteiger partial charge in [0.05, 0.1) is 13.2 Å². The van der Waals surface area contributed by atoms with Crippen molar-refractivity contribution in [3.63, 3.8) is 0 Å². The monoisotopic (exact) mass is 211 g/mol. The normalized spacial score (nSPS) is 31.1. The molecule has 0 aromatic heterocycles. The van der Waals surface area contributed by atoms with Crippen LogP contribution in [0, 0.1) is 0 Å². The van der Waals surface area contributed by atoms with Gasteiger partial charge in [0.15, 0.2) is 0 Å². The van der Waals surface area contributed by atoms with Gasteiger partial charge in [0.25, 0.3) is 0 Å². The summed E-state index contributed by atoms with van der Waals surface area (Å²) in [5.74, 6) is 0.